The fourth-order valence-corrected chi connectivity index (χ4v) is 2.46. The number of hydrazine groups is 1. The molecule has 0 radical (unpaired) electrons. The first-order valence-corrected chi connectivity index (χ1v) is 8.80. The van der Waals surface area contributed by atoms with Gasteiger partial charge in [0.15, 0.2) is 0 Å². The summed E-state index contributed by atoms with van der Waals surface area (Å²) < 4.78 is 1.34. The minimum atomic E-state index is 0.141. The zero-order chi connectivity index (χ0) is 21.2. The van der Waals surface area contributed by atoms with Crippen LogP contribution in [0.5, 0.6) is 0 Å². The average molecular weight is 394 g/mol. The topological polar surface area (TPSA) is 133 Å². The van der Waals surface area contributed by atoms with E-state index in [1.54, 1.807) is 35.6 Å². The summed E-state index contributed by atoms with van der Waals surface area (Å²) in [6, 6.07) is 9.28. The van der Waals surface area contributed by atoms with Gasteiger partial charge < -0.3 is 16.3 Å². The van der Waals surface area contributed by atoms with E-state index in [-0.39, 0.29) is 18.3 Å². The van der Waals surface area contributed by atoms with Gasteiger partial charge in [0.2, 0.25) is 0 Å². The molecule has 0 aliphatic carbocycles. The monoisotopic (exact) mass is 394 g/mol. The average Bonchev–Trinajstić information content (AvgIpc) is 3.10. The first-order valence-electron chi connectivity index (χ1n) is 8.80. The third kappa shape index (κ3) is 6.45. The van der Waals surface area contributed by atoms with Crippen LogP contribution in [0.25, 0.3) is 6.08 Å². The molecule has 2 rings (SSSR count). The molecule has 0 saturated carbocycles. The first-order chi connectivity index (χ1) is 14.0. The van der Waals surface area contributed by atoms with Gasteiger partial charge in [0.05, 0.1) is 18.4 Å². The molecule has 0 amide bonds. The standard InChI is InChI=1S/C20H26N8O/c1-4-16-11-15(8-9-17(16)25-5-2)13-27(23)14-18(21)26-12-20(24-3)29-28-10-6-7-19(28)22/h4-12H,1,3,13-14,22-23H2,2H3,(H2,21,26)/b20-12+,25-5-. The Morgan fingerprint density at radius 2 is 2.14 bits per heavy atom. The van der Waals surface area contributed by atoms with E-state index >= 15 is 0 Å². The van der Waals surface area contributed by atoms with E-state index in [1.165, 1.54) is 10.9 Å². The zero-order valence-electron chi connectivity index (χ0n) is 16.4. The normalized spacial score (nSPS) is 12.5. The molecule has 1 aromatic carbocycles. The summed E-state index contributed by atoms with van der Waals surface area (Å²) in [4.78, 5) is 17.6. The van der Waals surface area contributed by atoms with Crippen LogP contribution in [0.1, 0.15) is 18.1 Å². The summed E-state index contributed by atoms with van der Waals surface area (Å²) in [5.41, 5.74) is 14.5. The van der Waals surface area contributed by atoms with Crippen LogP contribution in [0.3, 0.4) is 0 Å². The van der Waals surface area contributed by atoms with Gasteiger partial charge in [-0.25, -0.2) is 15.0 Å². The summed E-state index contributed by atoms with van der Waals surface area (Å²) in [6.45, 7) is 9.84. The van der Waals surface area contributed by atoms with E-state index in [0.29, 0.717) is 12.4 Å². The lowest BCUT2D eigenvalue weighted by Crippen LogP contribution is -2.38. The maximum Gasteiger partial charge on any atom is 0.264 e. The van der Waals surface area contributed by atoms with Crippen molar-refractivity contribution in [3.8, 4) is 0 Å². The van der Waals surface area contributed by atoms with Gasteiger partial charge in [0.1, 0.15) is 11.7 Å². The molecule has 9 heteroatoms. The van der Waals surface area contributed by atoms with Crippen LogP contribution in [0.4, 0.5) is 11.5 Å². The molecule has 1 aromatic heterocycles. The van der Waals surface area contributed by atoms with Crippen LogP contribution in [-0.2, 0) is 6.54 Å². The van der Waals surface area contributed by atoms with E-state index in [0.717, 1.165) is 16.8 Å². The predicted octanol–water partition coefficient (Wildman–Crippen LogP) is 2.10. The number of nitrogens with zero attached hydrogens (tertiary/aromatic N) is 5. The molecule has 152 valence electrons. The smallest absolute Gasteiger partial charge is 0.264 e. The minimum absolute atomic E-state index is 0.141. The van der Waals surface area contributed by atoms with Crippen LogP contribution in [-0.4, -0.2) is 35.1 Å². The molecule has 0 bridgehead atoms. The van der Waals surface area contributed by atoms with Crippen LogP contribution >= 0.6 is 0 Å². The molecule has 0 saturated heterocycles. The second-order valence-corrected chi connectivity index (χ2v) is 5.99. The lowest BCUT2D eigenvalue weighted by Gasteiger charge is -2.16. The SMILES string of the molecule is C=Cc1cc(CN(N)C/C(N)=N\C=C(/N=C)On2cccc2N)ccc1/N=C\C. The summed E-state index contributed by atoms with van der Waals surface area (Å²) in [6.07, 6.45) is 6.48. The van der Waals surface area contributed by atoms with E-state index < -0.39 is 0 Å². The van der Waals surface area contributed by atoms with Crippen LogP contribution < -0.4 is 22.1 Å². The number of amidine groups is 1. The summed E-state index contributed by atoms with van der Waals surface area (Å²) in [7, 11) is 0. The lowest BCUT2D eigenvalue weighted by molar-refractivity contribution is 0.184. The van der Waals surface area contributed by atoms with Gasteiger partial charge >= 0.3 is 0 Å². The van der Waals surface area contributed by atoms with Crippen molar-refractivity contribution in [2.45, 2.75) is 13.5 Å². The van der Waals surface area contributed by atoms with Gasteiger partial charge in [-0.3, -0.25) is 10.8 Å². The highest BCUT2D eigenvalue weighted by Gasteiger charge is 2.06. The number of benzene rings is 1. The highest BCUT2D eigenvalue weighted by Crippen LogP contribution is 2.22. The van der Waals surface area contributed by atoms with Gasteiger partial charge in [0, 0.05) is 19.0 Å². The Bertz CT molecular complexity index is 942. The zero-order valence-corrected chi connectivity index (χ0v) is 16.4. The van der Waals surface area contributed by atoms with E-state index in [2.05, 4.69) is 28.3 Å². The van der Waals surface area contributed by atoms with Gasteiger partial charge in [-0.05, 0) is 49.0 Å². The Morgan fingerprint density at radius 1 is 1.34 bits per heavy atom. The molecule has 29 heavy (non-hydrogen) atoms. The van der Waals surface area contributed by atoms with Crippen molar-refractivity contribution in [2.75, 3.05) is 12.3 Å². The maximum absolute atomic E-state index is 6.07. The van der Waals surface area contributed by atoms with E-state index in [4.69, 9.17) is 22.1 Å². The molecule has 0 spiro atoms. The van der Waals surface area contributed by atoms with E-state index in [9.17, 15) is 0 Å². The fourth-order valence-electron chi connectivity index (χ4n) is 2.46. The number of aromatic nitrogens is 1. The Balaban J connectivity index is 2.00. The number of aliphatic imine (C=N–C) groups is 3. The molecule has 0 aliphatic heterocycles. The van der Waals surface area contributed by atoms with Crippen molar-refractivity contribution >= 4 is 36.3 Å². The van der Waals surface area contributed by atoms with Crippen molar-refractivity contribution in [3.63, 3.8) is 0 Å². The van der Waals surface area contributed by atoms with Crippen molar-refractivity contribution in [1.29, 1.82) is 0 Å². The number of rotatable bonds is 10. The predicted molar refractivity (Wildman–Crippen MR) is 120 cm³/mol. The second-order valence-electron chi connectivity index (χ2n) is 5.99. The fraction of sp³-hybridized carbons (Fsp3) is 0.150. The Hall–Kier alpha value is -3.69. The first kappa shape index (κ1) is 21.6. The Kier molecular flexibility index (Phi) is 7.89. The molecule has 6 N–H and O–H groups in total. The molecular weight excluding hydrogens is 368 g/mol. The van der Waals surface area contributed by atoms with Crippen LogP contribution in [0.2, 0.25) is 0 Å². The lowest BCUT2D eigenvalue weighted by atomic mass is 10.1. The van der Waals surface area contributed by atoms with Gasteiger partial charge in [-0.15, -0.1) is 0 Å². The Morgan fingerprint density at radius 3 is 2.76 bits per heavy atom. The Labute approximate surface area is 170 Å². The highest BCUT2D eigenvalue weighted by atomic mass is 16.7. The maximum atomic E-state index is 6.07. The molecular formula is C20H26N8O. The number of hydrogen-bond acceptors (Lipinski definition) is 7. The number of hydrogen-bond donors (Lipinski definition) is 3. The van der Waals surface area contributed by atoms with Crippen molar-refractivity contribution < 1.29 is 4.84 Å². The minimum Gasteiger partial charge on any atom is -0.386 e. The summed E-state index contributed by atoms with van der Waals surface area (Å²) >= 11 is 0. The number of anilines is 1. The van der Waals surface area contributed by atoms with Crippen molar-refractivity contribution in [2.24, 2.45) is 26.6 Å². The number of nitrogen functional groups attached to an aromatic ring is 1. The van der Waals surface area contributed by atoms with Gasteiger partial charge in [-0.1, -0.05) is 18.7 Å². The third-order valence-corrected chi connectivity index (χ3v) is 3.76. The number of nitrogens with two attached hydrogens (primary N) is 3. The molecule has 0 aliphatic rings. The molecule has 0 fully saturated rings. The van der Waals surface area contributed by atoms with Gasteiger partial charge in [0.25, 0.3) is 5.88 Å². The molecule has 2 aromatic rings. The largest absolute Gasteiger partial charge is 0.386 e. The molecule has 1 heterocycles. The van der Waals surface area contributed by atoms with Crippen molar-refractivity contribution in [3.05, 3.63) is 66.3 Å². The summed E-state index contributed by atoms with van der Waals surface area (Å²) in [5.74, 6) is 6.91. The summed E-state index contributed by atoms with van der Waals surface area (Å²) in [5, 5.41) is 1.55. The highest BCUT2D eigenvalue weighted by molar-refractivity contribution is 5.82. The quantitative estimate of drug-likeness (QED) is 0.187. The van der Waals surface area contributed by atoms with Gasteiger partial charge in [-0.2, -0.15) is 4.73 Å². The van der Waals surface area contributed by atoms with Crippen LogP contribution in [0.15, 0.2) is 70.2 Å². The molecule has 0 unspecified atom stereocenters. The van der Waals surface area contributed by atoms with Crippen molar-refractivity contribution in [1.82, 2.24) is 9.74 Å². The molecule has 0 atom stereocenters. The third-order valence-electron chi connectivity index (χ3n) is 3.76. The van der Waals surface area contributed by atoms with E-state index in [1.807, 2.05) is 25.1 Å². The molecule has 9 nitrogen and oxygen atoms in total. The second kappa shape index (κ2) is 10.6. The van der Waals surface area contributed by atoms with Crippen LogP contribution in [0, 0.1) is 0 Å².